The first-order valence-electron chi connectivity index (χ1n) is 4.58. The number of rotatable bonds is 2. The van der Waals surface area contributed by atoms with Crippen LogP contribution in [0.1, 0.15) is 17.2 Å². The summed E-state index contributed by atoms with van der Waals surface area (Å²) in [5, 5.41) is 18.3. The van der Waals surface area contributed by atoms with E-state index in [1.165, 1.54) is 12.4 Å². The third-order valence-corrected chi connectivity index (χ3v) is 2.92. The van der Waals surface area contributed by atoms with E-state index in [1.54, 1.807) is 24.3 Å². The molecule has 1 N–H and O–H groups in total. The lowest BCUT2D eigenvalue weighted by Gasteiger charge is -2.11. The first-order valence-corrected chi connectivity index (χ1v) is 5.33. The summed E-state index contributed by atoms with van der Waals surface area (Å²) in [7, 11) is 0. The van der Waals surface area contributed by atoms with Crippen molar-refractivity contribution < 1.29 is 5.11 Å². The summed E-state index contributed by atoms with van der Waals surface area (Å²) in [6.45, 7) is 0. The van der Waals surface area contributed by atoms with Crippen molar-refractivity contribution in [1.82, 2.24) is 10.2 Å². The number of hydrogen-bond acceptors (Lipinski definition) is 3. The fourth-order valence-corrected chi connectivity index (χ4v) is 1.64. The SMILES string of the molecule is OC(c1ccnnc1)c1ccc(Cl)c(Cl)c1. The first kappa shape index (κ1) is 11.3. The quantitative estimate of drug-likeness (QED) is 0.897. The van der Waals surface area contributed by atoms with E-state index in [0.29, 0.717) is 21.2 Å². The van der Waals surface area contributed by atoms with Crippen molar-refractivity contribution in [2.45, 2.75) is 6.10 Å². The summed E-state index contributed by atoms with van der Waals surface area (Å²) in [6, 6.07) is 6.70. The second kappa shape index (κ2) is 4.78. The van der Waals surface area contributed by atoms with Gasteiger partial charge in [-0.15, -0.1) is 0 Å². The van der Waals surface area contributed by atoms with E-state index in [1.807, 2.05) is 0 Å². The van der Waals surface area contributed by atoms with Crippen LogP contribution in [0.3, 0.4) is 0 Å². The molecule has 0 aliphatic rings. The highest BCUT2D eigenvalue weighted by Crippen LogP contribution is 2.28. The monoisotopic (exact) mass is 254 g/mol. The molecule has 0 aliphatic heterocycles. The Bertz CT molecular complexity index is 491. The van der Waals surface area contributed by atoms with Gasteiger partial charge in [0, 0.05) is 11.8 Å². The molecule has 16 heavy (non-hydrogen) atoms. The average molecular weight is 255 g/mol. The second-order valence-corrected chi connectivity index (χ2v) is 4.07. The van der Waals surface area contributed by atoms with Gasteiger partial charge in [0.05, 0.1) is 16.2 Å². The summed E-state index contributed by atoms with van der Waals surface area (Å²) >= 11 is 11.7. The van der Waals surface area contributed by atoms with Crippen LogP contribution in [0.5, 0.6) is 0 Å². The zero-order valence-electron chi connectivity index (χ0n) is 8.14. The Hall–Kier alpha value is -1.16. The summed E-state index contributed by atoms with van der Waals surface area (Å²) < 4.78 is 0. The zero-order valence-corrected chi connectivity index (χ0v) is 9.65. The van der Waals surface area contributed by atoms with Gasteiger partial charge >= 0.3 is 0 Å². The van der Waals surface area contributed by atoms with Crippen LogP contribution in [0, 0.1) is 0 Å². The smallest absolute Gasteiger partial charge is 0.106 e. The molecule has 0 fully saturated rings. The number of aliphatic hydroxyl groups is 1. The molecule has 1 atom stereocenters. The topological polar surface area (TPSA) is 46.0 Å². The maximum Gasteiger partial charge on any atom is 0.106 e. The lowest BCUT2D eigenvalue weighted by atomic mass is 10.0. The average Bonchev–Trinajstić information content (AvgIpc) is 2.33. The molecule has 0 saturated heterocycles. The van der Waals surface area contributed by atoms with Gasteiger partial charge in [-0.1, -0.05) is 29.3 Å². The number of halogens is 2. The molecule has 2 aromatic rings. The molecule has 0 spiro atoms. The Labute approximate surface area is 103 Å². The molecule has 0 saturated carbocycles. The predicted octanol–water partition coefficient (Wildman–Crippen LogP) is 2.87. The number of benzene rings is 1. The lowest BCUT2D eigenvalue weighted by Crippen LogP contribution is -2.00. The van der Waals surface area contributed by atoms with Crippen molar-refractivity contribution in [1.29, 1.82) is 0 Å². The second-order valence-electron chi connectivity index (χ2n) is 3.25. The molecule has 1 unspecified atom stereocenters. The Morgan fingerprint density at radius 2 is 1.81 bits per heavy atom. The number of aliphatic hydroxyl groups excluding tert-OH is 1. The van der Waals surface area contributed by atoms with Gasteiger partial charge in [-0.3, -0.25) is 0 Å². The molecule has 0 radical (unpaired) electrons. The molecule has 1 aromatic heterocycles. The van der Waals surface area contributed by atoms with Gasteiger partial charge in [0.25, 0.3) is 0 Å². The van der Waals surface area contributed by atoms with Gasteiger partial charge in [0.2, 0.25) is 0 Å². The summed E-state index contributed by atoms with van der Waals surface area (Å²) in [5.41, 5.74) is 1.33. The van der Waals surface area contributed by atoms with Gasteiger partial charge in [0.1, 0.15) is 6.10 Å². The van der Waals surface area contributed by atoms with Gasteiger partial charge < -0.3 is 5.11 Å². The standard InChI is InChI=1S/C11H8Cl2N2O/c12-9-2-1-7(5-10(9)13)11(16)8-3-4-14-15-6-8/h1-6,11,16H. The number of nitrogens with zero attached hydrogens (tertiary/aromatic N) is 2. The Morgan fingerprint density at radius 3 is 2.44 bits per heavy atom. The predicted molar refractivity (Wildman–Crippen MR) is 62.6 cm³/mol. The molecule has 82 valence electrons. The van der Waals surface area contributed by atoms with Gasteiger partial charge in [-0.05, 0) is 23.8 Å². The van der Waals surface area contributed by atoms with Gasteiger partial charge in [-0.2, -0.15) is 10.2 Å². The molecular weight excluding hydrogens is 247 g/mol. The molecule has 0 aliphatic carbocycles. The highest BCUT2D eigenvalue weighted by molar-refractivity contribution is 6.42. The normalized spacial score (nSPS) is 12.4. The molecule has 5 heteroatoms. The molecule has 2 rings (SSSR count). The zero-order chi connectivity index (χ0) is 11.5. The molecule has 0 bridgehead atoms. The van der Waals surface area contributed by atoms with E-state index < -0.39 is 6.10 Å². The summed E-state index contributed by atoms with van der Waals surface area (Å²) in [5.74, 6) is 0. The minimum Gasteiger partial charge on any atom is -0.384 e. The maximum atomic E-state index is 10.0. The Morgan fingerprint density at radius 1 is 1.00 bits per heavy atom. The van der Waals surface area contributed by atoms with Crippen LogP contribution < -0.4 is 0 Å². The minimum absolute atomic E-state index is 0.417. The van der Waals surface area contributed by atoms with E-state index in [4.69, 9.17) is 23.2 Å². The van der Waals surface area contributed by atoms with E-state index in [0.717, 1.165) is 0 Å². The molecule has 1 aromatic carbocycles. The van der Waals surface area contributed by atoms with Crippen LogP contribution in [0.15, 0.2) is 36.7 Å². The molecular formula is C11H8Cl2N2O. The largest absolute Gasteiger partial charge is 0.384 e. The van der Waals surface area contributed by atoms with Crippen LogP contribution in [-0.2, 0) is 0 Å². The van der Waals surface area contributed by atoms with Crippen molar-refractivity contribution in [3.63, 3.8) is 0 Å². The van der Waals surface area contributed by atoms with Crippen molar-refractivity contribution in [3.05, 3.63) is 57.8 Å². The first-order chi connectivity index (χ1) is 7.68. The Balaban J connectivity index is 2.34. The van der Waals surface area contributed by atoms with Crippen LogP contribution in [0.4, 0.5) is 0 Å². The molecule has 1 heterocycles. The van der Waals surface area contributed by atoms with E-state index in [-0.39, 0.29) is 0 Å². The van der Waals surface area contributed by atoms with Crippen molar-refractivity contribution in [3.8, 4) is 0 Å². The van der Waals surface area contributed by atoms with E-state index in [9.17, 15) is 5.11 Å². The minimum atomic E-state index is -0.773. The summed E-state index contributed by atoms with van der Waals surface area (Å²) in [4.78, 5) is 0. The molecule has 0 amide bonds. The van der Waals surface area contributed by atoms with Crippen molar-refractivity contribution >= 4 is 23.2 Å². The lowest BCUT2D eigenvalue weighted by molar-refractivity contribution is 0.219. The fraction of sp³-hybridized carbons (Fsp3) is 0.0909. The van der Waals surface area contributed by atoms with Crippen molar-refractivity contribution in [2.75, 3.05) is 0 Å². The number of aromatic nitrogens is 2. The Kier molecular flexibility index (Phi) is 3.39. The van der Waals surface area contributed by atoms with Crippen molar-refractivity contribution in [2.24, 2.45) is 0 Å². The van der Waals surface area contributed by atoms with Crippen LogP contribution in [0.25, 0.3) is 0 Å². The highest BCUT2D eigenvalue weighted by atomic mass is 35.5. The third-order valence-electron chi connectivity index (χ3n) is 2.18. The highest BCUT2D eigenvalue weighted by Gasteiger charge is 2.11. The third kappa shape index (κ3) is 2.32. The van der Waals surface area contributed by atoms with Crippen LogP contribution in [-0.4, -0.2) is 15.3 Å². The van der Waals surface area contributed by atoms with Crippen LogP contribution >= 0.6 is 23.2 Å². The van der Waals surface area contributed by atoms with Crippen LogP contribution in [0.2, 0.25) is 10.0 Å². The maximum absolute atomic E-state index is 10.0. The molecule has 3 nitrogen and oxygen atoms in total. The number of hydrogen-bond donors (Lipinski definition) is 1. The fourth-order valence-electron chi connectivity index (χ4n) is 1.34. The van der Waals surface area contributed by atoms with E-state index >= 15 is 0 Å². The van der Waals surface area contributed by atoms with Gasteiger partial charge in [0.15, 0.2) is 0 Å². The van der Waals surface area contributed by atoms with Gasteiger partial charge in [-0.25, -0.2) is 0 Å². The summed E-state index contributed by atoms with van der Waals surface area (Å²) in [6.07, 6.45) is 2.26. The van der Waals surface area contributed by atoms with E-state index in [2.05, 4.69) is 10.2 Å².